The van der Waals surface area contributed by atoms with Gasteiger partial charge in [-0.05, 0) is 18.6 Å². The summed E-state index contributed by atoms with van der Waals surface area (Å²) in [6, 6.07) is 5.07. The maximum atomic E-state index is 11.1. The molecule has 2 atom stereocenters. The smallest absolute Gasteiger partial charge is 0.338 e. The number of hydrogen-bond donors (Lipinski definition) is 3. The molecular formula is C12H17NO3S. The van der Waals surface area contributed by atoms with E-state index in [1.165, 1.54) is 11.8 Å². The molecule has 1 aromatic carbocycles. The van der Waals surface area contributed by atoms with Crippen LogP contribution in [0.5, 0.6) is 0 Å². The second-order valence-electron chi connectivity index (χ2n) is 3.94. The van der Waals surface area contributed by atoms with E-state index in [0.29, 0.717) is 11.3 Å². The molecule has 0 saturated heterocycles. The molecule has 94 valence electrons. The molecule has 2 unspecified atom stereocenters. The number of carboxylic acid groups (broad SMARTS) is 1. The molecule has 0 aliphatic heterocycles. The van der Waals surface area contributed by atoms with Crippen molar-refractivity contribution < 1.29 is 15.0 Å². The second kappa shape index (κ2) is 5.93. The standard InChI is InChI=1S/C12H17NO3S/c1-7(14)8(2)17-6-9-4-3-5-10(13)11(9)12(15)16/h3-5,7-8,14H,6,13H2,1-2H3,(H,15,16). The van der Waals surface area contributed by atoms with Crippen LogP contribution in [0.2, 0.25) is 0 Å². The topological polar surface area (TPSA) is 83.5 Å². The van der Waals surface area contributed by atoms with Gasteiger partial charge in [0.05, 0.1) is 11.7 Å². The zero-order valence-corrected chi connectivity index (χ0v) is 10.7. The fourth-order valence-corrected chi connectivity index (χ4v) is 2.32. The van der Waals surface area contributed by atoms with Crippen LogP contribution in [-0.2, 0) is 5.75 Å². The highest BCUT2D eigenvalue weighted by atomic mass is 32.2. The molecule has 0 spiro atoms. The van der Waals surface area contributed by atoms with Crippen molar-refractivity contribution in [1.29, 1.82) is 0 Å². The lowest BCUT2D eigenvalue weighted by molar-refractivity contribution is 0.0697. The van der Waals surface area contributed by atoms with E-state index in [-0.39, 0.29) is 16.5 Å². The summed E-state index contributed by atoms with van der Waals surface area (Å²) in [4.78, 5) is 11.1. The SMILES string of the molecule is CC(O)C(C)SCc1cccc(N)c1C(=O)O. The van der Waals surface area contributed by atoms with Gasteiger partial charge in [-0.3, -0.25) is 0 Å². The third-order valence-electron chi connectivity index (χ3n) is 2.58. The van der Waals surface area contributed by atoms with Crippen LogP contribution >= 0.6 is 11.8 Å². The average molecular weight is 255 g/mol. The first-order valence-electron chi connectivity index (χ1n) is 5.33. The zero-order chi connectivity index (χ0) is 13.0. The van der Waals surface area contributed by atoms with Crippen molar-refractivity contribution in [3.05, 3.63) is 29.3 Å². The van der Waals surface area contributed by atoms with Crippen LogP contribution < -0.4 is 5.73 Å². The Kier molecular flexibility index (Phi) is 4.84. The molecule has 0 aliphatic rings. The van der Waals surface area contributed by atoms with Crippen molar-refractivity contribution in [2.75, 3.05) is 5.73 Å². The summed E-state index contributed by atoms with van der Waals surface area (Å²) in [6.45, 7) is 3.62. The number of aliphatic hydroxyl groups is 1. The van der Waals surface area contributed by atoms with Gasteiger partial charge in [0.1, 0.15) is 0 Å². The van der Waals surface area contributed by atoms with Crippen molar-refractivity contribution in [3.8, 4) is 0 Å². The number of carboxylic acids is 1. The summed E-state index contributed by atoms with van der Waals surface area (Å²) in [5.74, 6) is -0.484. The lowest BCUT2D eigenvalue weighted by Gasteiger charge is -2.15. The predicted octanol–water partition coefficient (Wildman–Crippen LogP) is 1.97. The molecule has 0 saturated carbocycles. The van der Waals surface area contributed by atoms with Gasteiger partial charge in [0.2, 0.25) is 0 Å². The molecule has 0 radical (unpaired) electrons. The number of nitrogen functional groups attached to an aromatic ring is 1. The Morgan fingerprint density at radius 2 is 2.12 bits per heavy atom. The third-order valence-corrected chi connectivity index (χ3v) is 3.98. The molecule has 4 nitrogen and oxygen atoms in total. The molecule has 1 rings (SSSR count). The zero-order valence-electron chi connectivity index (χ0n) is 9.88. The maximum absolute atomic E-state index is 11.1. The minimum Gasteiger partial charge on any atom is -0.478 e. The average Bonchev–Trinajstić information content (AvgIpc) is 2.24. The third kappa shape index (κ3) is 3.64. The summed E-state index contributed by atoms with van der Waals surface area (Å²) in [7, 11) is 0. The number of aromatic carboxylic acids is 1. The number of aliphatic hydroxyl groups excluding tert-OH is 1. The minimum atomic E-state index is -1.01. The highest BCUT2D eigenvalue weighted by Gasteiger charge is 2.15. The van der Waals surface area contributed by atoms with Gasteiger partial charge in [0.15, 0.2) is 0 Å². The predicted molar refractivity (Wildman–Crippen MR) is 70.3 cm³/mol. The van der Waals surface area contributed by atoms with Crippen LogP contribution in [-0.4, -0.2) is 27.5 Å². The summed E-state index contributed by atoms with van der Waals surface area (Å²) >= 11 is 1.51. The molecule has 0 amide bonds. The van der Waals surface area contributed by atoms with Gasteiger partial charge in [0.25, 0.3) is 0 Å². The van der Waals surface area contributed by atoms with Gasteiger partial charge >= 0.3 is 5.97 Å². The van der Waals surface area contributed by atoms with E-state index in [0.717, 1.165) is 0 Å². The Bertz CT molecular complexity index is 407. The van der Waals surface area contributed by atoms with E-state index in [2.05, 4.69) is 0 Å². The first-order chi connectivity index (χ1) is 7.93. The van der Waals surface area contributed by atoms with Gasteiger partial charge < -0.3 is 15.9 Å². The highest BCUT2D eigenvalue weighted by Crippen LogP contribution is 2.25. The van der Waals surface area contributed by atoms with E-state index in [9.17, 15) is 9.90 Å². The quantitative estimate of drug-likeness (QED) is 0.701. The van der Waals surface area contributed by atoms with Crippen molar-refractivity contribution in [3.63, 3.8) is 0 Å². The fourth-order valence-electron chi connectivity index (χ4n) is 1.36. The lowest BCUT2D eigenvalue weighted by Crippen LogP contribution is -2.16. The summed E-state index contributed by atoms with van der Waals surface area (Å²) in [6.07, 6.45) is -0.422. The molecule has 0 bridgehead atoms. The van der Waals surface area contributed by atoms with Crippen LogP contribution in [0.3, 0.4) is 0 Å². The monoisotopic (exact) mass is 255 g/mol. The summed E-state index contributed by atoms with van der Waals surface area (Å²) in [5, 5.41) is 18.5. The molecule has 5 heteroatoms. The number of nitrogens with two attached hydrogens (primary N) is 1. The van der Waals surface area contributed by atoms with Crippen molar-refractivity contribution in [2.24, 2.45) is 0 Å². The van der Waals surface area contributed by atoms with Crippen LogP contribution in [0.25, 0.3) is 0 Å². The Morgan fingerprint density at radius 3 is 2.65 bits per heavy atom. The van der Waals surface area contributed by atoms with Crippen molar-refractivity contribution in [2.45, 2.75) is 31.0 Å². The van der Waals surface area contributed by atoms with Crippen LogP contribution in [0.15, 0.2) is 18.2 Å². The van der Waals surface area contributed by atoms with Gasteiger partial charge in [-0.2, -0.15) is 11.8 Å². The number of benzene rings is 1. The number of carbonyl (C=O) groups is 1. The molecule has 17 heavy (non-hydrogen) atoms. The van der Waals surface area contributed by atoms with Gasteiger partial charge in [-0.25, -0.2) is 4.79 Å². The van der Waals surface area contributed by atoms with Crippen molar-refractivity contribution in [1.82, 2.24) is 0 Å². The minimum absolute atomic E-state index is 0.0538. The Labute approximate surface area is 105 Å². The normalized spacial score (nSPS) is 14.3. The molecule has 0 aliphatic carbocycles. The second-order valence-corrected chi connectivity index (χ2v) is 5.31. The van der Waals surface area contributed by atoms with Gasteiger partial charge in [0, 0.05) is 16.7 Å². The van der Waals surface area contributed by atoms with Crippen LogP contribution in [0, 0.1) is 0 Å². The van der Waals surface area contributed by atoms with Gasteiger partial charge in [-0.15, -0.1) is 0 Å². The first kappa shape index (κ1) is 13.9. The fraction of sp³-hybridized carbons (Fsp3) is 0.417. The molecule has 1 aromatic rings. The van der Waals surface area contributed by atoms with E-state index in [1.54, 1.807) is 25.1 Å². The van der Waals surface area contributed by atoms with E-state index in [1.807, 2.05) is 6.92 Å². The van der Waals surface area contributed by atoms with Gasteiger partial charge in [-0.1, -0.05) is 19.1 Å². The summed E-state index contributed by atoms with van der Waals surface area (Å²) in [5.41, 5.74) is 6.78. The Hall–Kier alpha value is -1.20. The Balaban J connectivity index is 2.84. The van der Waals surface area contributed by atoms with Crippen molar-refractivity contribution >= 4 is 23.4 Å². The van der Waals surface area contributed by atoms with E-state index in [4.69, 9.17) is 10.8 Å². The number of thioether (sulfide) groups is 1. The lowest BCUT2D eigenvalue weighted by atomic mass is 10.1. The molecule has 0 heterocycles. The first-order valence-corrected chi connectivity index (χ1v) is 6.38. The highest BCUT2D eigenvalue weighted by molar-refractivity contribution is 7.99. The van der Waals surface area contributed by atoms with Crippen LogP contribution in [0.4, 0.5) is 5.69 Å². The van der Waals surface area contributed by atoms with E-state index >= 15 is 0 Å². The molecule has 0 aromatic heterocycles. The number of anilines is 1. The number of rotatable bonds is 5. The number of hydrogen-bond acceptors (Lipinski definition) is 4. The molecule has 0 fully saturated rings. The van der Waals surface area contributed by atoms with E-state index < -0.39 is 12.1 Å². The molecule has 4 N–H and O–H groups in total. The maximum Gasteiger partial charge on any atom is 0.338 e. The Morgan fingerprint density at radius 1 is 1.47 bits per heavy atom. The largest absolute Gasteiger partial charge is 0.478 e. The molecular weight excluding hydrogens is 238 g/mol. The van der Waals surface area contributed by atoms with Crippen LogP contribution in [0.1, 0.15) is 29.8 Å². The summed E-state index contributed by atoms with van der Waals surface area (Å²) < 4.78 is 0.